The van der Waals surface area contributed by atoms with Crippen molar-refractivity contribution in [1.82, 2.24) is 4.90 Å². The summed E-state index contributed by atoms with van der Waals surface area (Å²) in [5.41, 5.74) is 0.659. The molecule has 0 aliphatic carbocycles. The maximum Gasteiger partial charge on any atom is 0.445 e. The molecule has 0 N–H and O–H groups in total. The summed E-state index contributed by atoms with van der Waals surface area (Å²) >= 11 is 0. The third-order valence-corrected chi connectivity index (χ3v) is 3.85. The summed E-state index contributed by atoms with van der Waals surface area (Å²) in [6, 6.07) is 5.20. The number of imide groups is 1. The van der Waals surface area contributed by atoms with Gasteiger partial charge in [-0.2, -0.15) is 9.48 Å². The van der Waals surface area contributed by atoms with Crippen molar-refractivity contribution in [3.8, 4) is 0 Å². The number of hydrogen-bond donors (Lipinski definition) is 0. The van der Waals surface area contributed by atoms with Gasteiger partial charge < -0.3 is 4.74 Å². The van der Waals surface area contributed by atoms with Gasteiger partial charge in [0.2, 0.25) is 0 Å². The number of halogens is 1. The first-order valence-corrected chi connectivity index (χ1v) is 7.01. The van der Waals surface area contributed by atoms with E-state index in [0.717, 1.165) is 4.90 Å². The number of methoxy groups -OCH3 is 1. The Morgan fingerprint density at radius 1 is 1.30 bits per heavy atom. The fourth-order valence-electron chi connectivity index (χ4n) is 2.63. The van der Waals surface area contributed by atoms with E-state index in [1.807, 2.05) is 0 Å². The van der Waals surface area contributed by atoms with Crippen LogP contribution in [0.4, 0.5) is 9.18 Å². The van der Waals surface area contributed by atoms with Gasteiger partial charge in [0.05, 0.1) is 14.2 Å². The number of dihydropyridines is 1. The molecule has 6 nitrogen and oxygen atoms in total. The van der Waals surface area contributed by atoms with Gasteiger partial charge in [-0.15, -0.1) is 4.99 Å². The first-order chi connectivity index (χ1) is 11.0. The second kappa shape index (κ2) is 5.75. The molecule has 0 spiro atoms. The number of nitrogens with zero attached hydrogens (tertiary/aromatic N) is 3. The molecule has 0 bridgehead atoms. The lowest BCUT2D eigenvalue weighted by atomic mass is 9.99. The maximum atomic E-state index is 13.0. The minimum Gasteiger partial charge on any atom is -0.499 e. The van der Waals surface area contributed by atoms with E-state index in [0.29, 0.717) is 17.2 Å². The van der Waals surface area contributed by atoms with Gasteiger partial charge in [-0.3, -0.25) is 4.79 Å². The normalized spacial score (nSPS) is 20.6. The van der Waals surface area contributed by atoms with Crippen molar-refractivity contribution in [2.24, 2.45) is 10.9 Å². The number of carbonyl (C=O) groups excluding carboxylic acids is 2. The zero-order valence-corrected chi connectivity index (χ0v) is 12.7. The molecule has 3 rings (SSSR count). The summed E-state index contributed by atoms with van der Waals surface area (Å²) in [6.07, 6.45) is 3.10. The van der Waals surface area contributed by atoms with Crippen LogP contribution in [0.2, 0.25) is 0 Å². The van der Waals surface area contributed by atoms with E-state index in [1.54, 1.807) is 25.3 Å². The number of amides is 3. The summed E-state index contributed by atoms with van der Waals surface area (Å²) in [5.74, 6) is -0.743. The summed E-state index contributed by atoms with van der Waals surface area (Å²) < 4.78 is 19.6. The molecular weight excluding hydrogens is 301 g/mol. The van der Waals surface area contributed by atoms with Crippen LogP contribution in [-0.4, -0.2) is 47.6 Å². The van der Waals surface area contributed by atoms with Crippen molar-refractivity contribution >= 4 is 24.0 Å². The highest BCUT2D eigenvalue weighted by Crippen LogP contribution is 2.25. The van der Waals surface area contributed by atoms with Crippen molar-refractivity contribution in [1.29, 1.82) is 0 Å². The number of rotatable bonds is 3. The summed E-state index contributed by atoms with van der Waals surface area (Å²) in [5, 5.41) is 0. The first-order valence-electron chi connectivity index (χ1n) is 7.01. The van der Waals surface area contributed by atoms with E-state index in [4.69, 9.17) is 4.74 Å². The summed E-state index contributed by atoms with van der Waals surface area (Å²) in [4.78, 5) is 30.5. The second-order valence-corrected chi connectivity index (χ2v) is 5.23. The SMILES string of the molecule is COC1=CC=NC2=[N+](C)C(=O)N(Cc3ccc(F)cc3)C(=O)C12. The van der Waals surface area contributed by atoms with Gasteiger partial charge in [0.15, 0.2) is 5.92 Å². The monoisotopic (exact) mass is 316 g/mol. The highest BCUT2D eigenvalue weighted by Gasteiger charge is 2.49. The van der Waals surface area contributed by atoms with E-state index < -0.39 is 17.9 Å². The summed E-state index contributed by atoms with van der Waals surface area (Å²) in [6.45, 7) is 0.0623. The van der Waals surface area contributed by atoms with Gasteiger partial charge in [-0.25, -0.2) is 9.18 Å². The molecule has 7 heteroatoms. The quantitative estimate of drug-likeness (QED) is 0.795. The second-order valence-electron chi connectivity index (χ2n) is 5.23. The smallest absolute Gasteiger partial charge is 0.445 e. The van der Waals surface area contributed by atoms with Crippen LogP contribution in [0.5, 0.6) is 0 Å². The predicted molar refractivity (Wildman–Crippen MR) is 80.6 cm³/mol. The zero-order valence-electron chi connectivity index (χ0n) is 12.7. The molecule has 0 aromatic heterocycles. The minimum absolute atomic E-state index is 0.0623. The van der Waals surface area contributed by atoms with Gasteiger partial charge in [0.25, 0.3) is 5.84 Å². The fourth-order valence-corrected chi connectivity index (χ4v) is 2.63. The molecule has 2 aliphatic rings. The molecule has 2 aliphatic heterocycles. The zero-order chi connectivity index (χ0) is 16.6. The number of carbonyl (C=O) groups is 2. The van der Waals surface area contributed by atoms with Crippen molar-refractivity contribution in [3.63, 3.8) is 0 Å². The molecule has 0 saturated heterocycles. The number of ether oxygens (including phenoxy) is 1. The topological polar surface area (TPSA) is 62.0 Å². The van der Waals surface area contributed by atoms with Crippen molar-refractivity contribution in [2.45, 2.75) is 6.54 Å². The molecule has 1 unspecified atom stereocenters. The maximum absolute atomic E-state index is 13.0. The Labute approximate surface area is 132 Å². The van der Waals surface area contributed by atoms with Crippen molar-refractivity contribution in [2.75, 3.05) is 14.2 Å². The Bertz CT molecular complexity index is 765. The molecule has 2 heterocycles. The number of hydrogen-bond acceptors (Lipinski definition) is 4. The highest BCUT2D eigenvalue weighted by atomic mass is 19.1. The predicted octanol–water partition coefficient (Wildman–Crippen LogP) is 1.56. The lowest BCUT2D eigenvalue weighted by Gasteiger charge is -2.27. The number of amidine groups is 1. The Hall–Kier alpha value is -2.83. The van der Waals surface area contributed by atoms with Crippen LogP contribution in [0.15, 0.2) is 41.1 Å². The highest BCUT2D eigenvalue weighted by molar-refractivity contribution is 6.15. The van der Waals surface area contributed by atoms with Crippen LogP contribution in [0.1, 0.15) is 5.56 Å². The number of urea groups is 1. The molecule has 3 amide bonds. The number of benzene rings is 1. The molecule has 0 fully saturated rings. The lowest BCUT2D eigenvalue weighted by molar-refractivity contribution is -0.409. The van der Waals surface area contributed by atoms with E-state index in [-0.39, 0.29) is 12.4 Å². The van der Waals surface area contributed by atoms with Crippen LogP contribution < -0.4 is 0 Å². The number of fused-ring (bicyclic) bond motifs is 1. The van der Waals surface area contributed by atoms with Crippen LogP contribution in [-0.2, 0) is 16.1 Å². The van der Waals surface area contributed by atoms with Crippen LogP contribution in [0.3, 0.4) is 0 Å². The molecule has 0 radical (unpaired) electrons. The van der Waals surface area contributed by atoms with Crippen LogP contribution in [0.25, 0.3) is 0 Å². The molecule has 1 aromatic rings. The summed E-state index contributed by atoms with van der Waals surface area (Å²) in [7, 11) is 3.03. The molecule has 1 atom stereocenters. The fraction of sp³-hybridized carbons (Fsp3) is 0.250. The van der Waals surface area contributed by atoms with Gasteiger partial charge in [-0.05, 0) is 17.7 Å². The van der Waals surface area contributed by atoms with E-state index >= 15 is 0 Å². The van der Waals surface area contributed by atoms with Crippen molar-refractivity contribution < 1.29 is 23.3 Å². The molecule has 0 saturated carbocycles. The average Bonchev–Trinajstić information content (AvgIpc) is 2.57. The Morgan fingerprint density at radius 2 is 2.00 bits per heavy atom. The van der Waals surface area contributed by atoms with E-state index in [9.17, 15) is 14.0 Å². The van der Waals surface area contributed by atoms with E-state index in [1.165, 1.54) is 30.0 Å². The number of aliphatic imine (C=N–C) groups is 1. The average molecular weight is 316 g/mol. The van der Waals surface area contributed by atoms with Crippen molar-refractivity contribution in [3.05, 3.63) is 47.5 Å². The third kappa shape index (κ3) is 2.54. The van der Waals surface area contributed by atoms with E-state index in [2.05, 4.69) is 4.99 Å². The van der Waals surface area contributed by atoms with Crippen LogP contribution >= 0.6 is 0 Å². The molecular formula is C16H15FN3O3+. The minimum atomic E-state index is -0.742. The largest absolute Gasteiger partial charge is 0.499 e. The Morgan fingerprint density at radius 3 is 2.65 bits per heavy atom. The molecule has 1 aromatic carbocycles. The Balaban J connectivity index is 1.97. The van der Waals surface area contributed by atoms with Gasteiger partial charge in [0, 0.05) is 6.08 Å². The van der Waals surface area contributed by atoms with Gasteiger partial charge in [0.1, 0.15) is 24.3 Å². The van der Waals surface area contributed by atoms with Gasteiger partial charge >= 0.3 is 11.9 Å². The lowest BCUT2D eigenvalue weighted by Crippen LogP contribution is -2.54. The molecule has 23 heavy (non-hydrogen) atoms. The Kier molecular flexibility index (Phi) is 3.77. The third-order valence-electron chi connectivity index (χ3n) is 3.85. The van der Waals surface area contributed by atoms with Crippen LogP contribution in [0, 0.1) is 11.7 Å². The number of allylic oxidation sites excluding steroid dienone is 1. The van der Waals surface area contributed by atoms with Gasteiger partial charge in [-0.1, -0.05) is 12.1 Å². The molecule has 118 valence electrons. The standard InChI is InChI=1S/C16H15FN3O3/c1-19-14-13(12(23-2)7-8-18-14)15(21)20(16(19)22)9-10-3-5-11(17)6-4-10/h3-8,13H,9H2,1-2H3/q+1. The first kappa shape index (κ1) is 15.1.